The van der Waals surface area contributed by atoms with Gasteiger partial charge in [0.1, 0.15) is 0 Å². The molecule has 0 aromatic carbocycles. The predicted molar refractivity (Wildman–Crippen MR) is 58.8 cm³/mol. The zero-order valence-electron chi connectivity index (χ0n) is 9.42. The molecule has 96 valence electrons. The summed E-state index contributed by atoms with van der Waals surface area (Å²) in [4.78, 5) is 41.4. The SMILES string of the molecule is NC(=O)C1CCN(C(=O)c2nc[nH]c2C(=O)O)C1. The van der Waals surface area contributed by atoms with E-state index in [4.69, 9.17) is 10.8 Å². The monoisotopic (exact) mass is 252 g/mol. The second kappa shape index (κ2) is 4.47. The number of rotatable bonds is 3. The Balaban J connectivity index is 2.15. The number of carboxylic acid groups (broad SMARTS) is 1. The maximum Gasteiger partial charge on any atom is 0.354 e. The third-order valence-electron chi connectivity index (χ3n) is 2.93. The second-order valence-electron chi connectivity index (χ2n) is 4.07. The van der Waals surface area contributed by atoms with Crippen molar-refractivity contribution in [2.24, 2.45) is 11.7 Å². The van der Waals surface area contributed by atoms with Gasteiger partial charge in [-0.05, 0) is 6.42 Å². The molecule has 0 bridgehead atoms. The first kappa shape index (κ1) is 12.1. The first-order valence-electron chi connectivity index (χ1n) is 5.36. The van der Waals surface area contributed by atoms with Crippen molar-refractivity contribution in [1.82, 2.24) is 14.9 Å². The number of likely N-dealkylation sites (tertiary alicyclic amines) is 1. The lowest BCUT2D eigenvalue weighted by Crippen LogP contribution is -2.32. The van der Waals surface area contributed by atoms with Gasteiger partial charge in [0.2, 0.25) is 5.91 Å². The van der Waals surface area contributed by atoms with E-state index >= 15 is 0 Å². The van der Waals surface area contributed by atoms with Crippen LogP contribution in [0.5, 0.6) is 0 Å². The number of aromatic nitrogens is 2. The summed E-state index contributed by atoms with van der Waals surface area (Å²) in [6, 6.07) is 0. The van der Waals surface area contributed by atoms with E-state index in [1.165, 1.54) is 4.90 Å². The van der Waals surface area contributed by atoms with Gasteiger partial charge in [0.05, 0.1) is 12.2 Å². The molecule has 8 nitrogen and oxygen atoms in total. The summed E-state index contributed by atoms with van der Waals surface area (Å²) < 4.78 is 0. The highest BCUT2D eigenvalue weighted by Gasteiger charge is 2.32. The highest BCUT2D eigenvalue weighted by Crippen LogP contribution is 2.18. The molecule has 1 aromatic rings. The van der Waals surface area contributed by atoms with Crippen molar-refractivity contribution in [2.45, 2.75) is 6.42 Å². The summed E-state index contributed by atoms with van der Waals surface area (Å²) in [7, 11) is 0. The van der Waals surface area contributed by atoms with E-state index in [-0.39, 0.29) is 23.9 Å². The fourth-order valence-corrected chi connectivity index (χ4v) is 1.95. The van der Waals surface area contributed by atoms with Gasteiger partial charge in [-0.3, -0.25) is 9.59 Å². The topological polar surface area (TPSA) is 129 Å². The van der Waals surface area contributed by atoms with E-state index in [1.807, 2.05) is 0 Å². The quantitative estimate of drug-likeness (QED) is 0.639. The molecular weight excluding hydrogens is 240 g/mol. The predicted octanol–water partition coefficient (Wildman–Crippen LogP) is -0.945. The van der Waals surface area contributed by atoms with Crippen molar-refractivity contribution in [2.75, 3.05) is 13.1 Å². The van der Waals surface area contributed by atoms with Crippen LogP contribution in [0.15, 0.2) is 6.33 Å². The van der Waals surface area contributed by atoms with E-state index in [0.29, 0.717) is 13.0 Å². The summed E-state index contributed by atoms with van der Waals surface area (Å²) in [5, 5.41) is 8.87. The Labute approximate surface area is 102 Å². The number of amides is 2. The molecule has 2 rings (SSSR count). The second-order valence-corrected chi connectivity index (χ2v) is 4.07. The molecule has 1 aliphatic rings. The van der Waals surface area contributed by atoms with Crippen LogP contribution >= 0.6 is 0 Å². The number of nitrogens with zero attached hydrogens (tertiary/aromatic N) is 2. The van der Waals surface area contributed by atoms with E-state index in [1.54, 1.807) is 0 Å². The van der Waals surface area contributed by atoms with Crippen LogP contribution in [0.1, 0.15) is 27.4 Å². The van der Waals surface area contributed by atoms with Crippen molar-refractivity contribution in [3.05, 3.63) is 17.7 Å². The molecule has 1 atom stereocenters. The summed E-state index contributed by atoms with van der Waals surface area (Å²) in [5.74, 6) is -2.58. The van der Waals surface area contributed by atoms with Crippen molar-refractivity contribution in [1.29, 1.82) is 0 Å². The Morgan fingerprint density at radius 3 is 2.78 bits per heavy atom. The number of carboxylic acids is 1. The van der Waals surface area contributed by atoms with E-state index in [2.05, 4.69) is 9.97 Å². The van der Waals surface area contributed by atoms with Crippen LogP contribution in [0.25, 0.3) is 0 Å². The zero-order valence-corrected chi connectivity index (χ0v) is 9.42. The largest absolute Gasteiger partial charge is 0.477 e. The molecule has 0 spiro atoms. The maximum absolute atomic E-state index is 12.0. The number of aromatic amines is 1. The van der Waals surface area contributed by atoms with Gasteiger partial charge < -0.3 is 20.7 Å². The minimum Gasteiger partial charge on any atom is -0.477 e. The number of carbonyl (C=O) groups is 3. The Morgan fingerprint density at radius 1 is 1.50 bits per heavy atom. The first-order chi connectivity index (χ1) is 8.50. The van der Waals surface area contributed by atoms with Crippen LogP contribution < -0.4 is 5.73 Å². The average molecular weight is 252 g/mol. The molecular formula is C10H12N4O4. The summed E-state index contributed by atoms with van der Waals surface area (Å²) in [6.45, 7) is 0.582. The summed E-state index contributed by atoms with van der Waals surface area (Å²) in [6.07, 6.45) is 1.65. The lowest BCUT2D eigenvalue weighted by atomic mass is 10.1. The van der Waals surface area contributed by atoms with Crippen LogP contribution in [-0.2, 0) is 4.79 Å². The highest BCUT2D eigenvalue weighted by molar-refractivity contribution is 6.02. The molecule has 2 amide bonds. The van der Waals surface area contributed by atoms with E-state index in [0.717, 1.165) is 6.33 Å². The molecule has 8 heteroatoms. The minimum atomic E-state index is -1.25. The number of hydrogen-bond acceptors (Lipinski definition) is 4. The molecule has 1 unspecified atom stereocenters. The molecule has 0 aliphatic carbocycles. The van der Waals surface area contributed by atoms with Gasteiger partial charge in [0.15, 0.2) is 11.4 Å². The number of H-pyrrole nitrogens is 1. The summed E-state index contributed by atoms with van der Waals surface area (Å²) >= 11 is 0. The average Bonchev–Trinajstić information content (AvgIpc) is 2.97. The fraction of sp³-hybridized carbons (Fsp3) is 0.400. The van der Waals surface area contributed by atoms with Gasteiger partial charge in [0.25, 0.3) is 5.91 Å². The Kier molecular flexibility index (Phi) is 3.00. The number of hydrogen-bond donors (Lipinski definition) is 3. The van der Waals surface area contributed by atoms with Crippen molar-refractivity contribution < 1.29 is 19.5 Å². The Hall–Kier alpha value is -2.38. The Morgan fingerprint density at radius 2 is 2.22 bits per heavy atom. The number of aromatic carboxylic acids is 1. The van der Waals surface area contributed by atoms with Crippen LogP contribution in [0.3, 0.4) is 0 Å². The molecule has 1 aromatic heterocycles. The third-order valence-corrected chi connectivity index (χ3v) is 2.93. The lowest BCUT2D eigenvalue weighted by molar-refractivity contribution is -0.121. The number of carbonyl (C=O) groups excluding carboxylic acids is 2. The molecule has 1 fully saturated rings. The van der Waals surface area contributed by atoms with Gasteiger partial charge in [-0.25, -0.2) is 9.78 Å². The van der Waals surface area contributed by atoms with E-state index in [9.17, 15) is 14.4 Å². The normalized spacial score (nSPS) is 18.9. The molecule has 2 heterocycles. The Bertz CT molecular complexity index is 510. The molecule has 1 saturated heterocycles. The molecule has 0 saturated carbocycles. The van der Waals surface area contributed by atoms with Gasteiger partial charge in [-0.2, -0.15) is 0 Å². The van der Waals surface area contributed by atoms with Crippen LogP contribution in [0.4, 0.5) is 0 Å². The minimum absolute atomic E-state index is 0.146. The van der Waals surface area contributed by atoms with Gasteiger partial charge >= 0.3 is 5.97 Å². The number of imidazole rings is 1. The molecule has 4 N–H and O–H groups in total. The van der Waals surface area contributed by atoms with Crippen LogP contribution in [0.2, 0.25) is 0 Å². The van der Waals surface area contributed by atoms with Gasteiger partial charge in [-0.1, -0.05) is 0 Å². The first-order valence-corrected chi connectivity index (χ1v) is 5.36. The highest BCUT2D eigenvalue weighted by atomic mass is 16.4. The zero-order chi connectivity index (χ0) is 13.3. The third kappa shape index (κ3) is 2.04. The van der Waals surface area contributed by atoms with Crippen molar-refractivity contribution in [3.8, 4) is 0 Å². The van der Waals surface area contributed by atoms with E-state index < -0.39 is 17.8 Å². The van der Waals surface area contributed by atoms with Crippen molar-refractivity contribution in [3.63, 3.8) is 0 Å². The molecule has 1 aliphatic heterocycles. The van der Waals surface area contributed by atoms with Gasteiger partial charge in [-0.15, -0.1) is 0 Å². The standard InChI is InChI=1S/C10H12N4O4/c11-8(15)5-1-2-14(3-5)9(16)6-7(10(17)18)13-4-12-6/h4-5H,1-3H2,(H2,11,15)(H,12,13)(H,17,18). The number of nitrogens with two attached hydrogens (primary N) is 1. The molecule has 0 radical (unpaired) electrons. The number of primary amides is 1. The summed E-state index contributed by atoms with van der Waals surface area (Å²) in [5.41, 5.74) is 4.77. The lowest BCUT2D eigenvalue weighted by Gasteiger charge is -2.14. The van der Waals surface area contributed by atoms with Gasteiger partial charge in [0, 0.05) is 13.1 Å². The van der Waals surface area contributed by atoms with Crippen LogP contribution in [-0.4, -0.2) is 50.8 Å². The fourth-order valence-electron chi connectivity index (χ4n) is 1.95. The number of nitrogens with one attached hydrogen (secondary N) is 1. The van der Waals surface area contributed by atoms with Crippen LogP contribution in [0, 0.1) is 5.92 Å². The smallest absolute Gasteiger partial charge is 0.354 e. The van der Waals surface area contributed by atoms with Crippen molar-refractivity contribution >= 4 is 17.8 Å². The maximum atomic E-state index is 12.0. The molecule has 18 heavy (non-hydrogen) atoms.